The molecule has 0 aliphatic carbocycles. The fourth-order valence-electron chi connectivity index (χ4n) is 1.01. The highest BCUT2D eigenvalue weighted by atomic mass is 15.3. The van der Waals surface area contributed by atoms with Gasteiger partial charge in [-0.25, -0.2) is 4.98 Å². The van der Waals surface area contributed by atoms with E-state index < -0.39 is 0 Å². The number of nitrogens with zero attached hydrogens (tertiary/aromatic N) is 2. The Morgan fingerprint density at radius 1 is 1.58 bits per heavy atom. The molecule has 0 atom stereocenters. The van der Waals surface area contributed by atoms with Gasteiger partial charge in [0.2, 0.25) is 7.05 Å². The smallest absolute Gasteiger partial charge is 0.206 e. The lowest BCUT2D eigenvalue weighted by Gasteiger charge is -2.21. The van der Waals surface area contributed by atoms with Crippen LogP contribution in [0.4, 0.5) is 0 Å². The van der Waals surface area contributed by atoms with Crippen LogP contribution in [-0.4, -0.2) is 35.1 Å². The predicted molar refractivity (Wildman–Crippen MR) is 48.3 cm³/mol. The first-order valence-electron chi connectivity index (χ1n) is 4.09. The van der Waals surface area contributed by atoms with Gasteiger partial charge in [-0.15, -0.1) is 0 Å². The van der Waals surface area contributed by atoms with E-state index in [2.05, 4.69) is 9.97 Å². The maximum absolute atomic E-state index is 5.79. The number of aryl methyl sites for hydroxylation is 1. The van der Waals surface area contributed by atoms with Crippen LogP contribution in [-0.2, 0) is 6.42 Å². The second kappa shape index (κ2) is 3.27. The first kappa shape index (κ1) is 9.26. The fourth-order valence-corrected chi connectivity index (χ4v) is 1.01. The van der Waals surface area contributed by atoms with Crippen LogP contribution in [0.25, 0.3) is 0 Å². The van der Waals surface area contributed by atoms with E-state index in [1.807, 2.05) is 27.2 Å². The van der Waals surface area contributed by atoms with Crippen molar-refractivity contribution in [2.24, 2.45) is 0 Å². The molecule has 1 aromatic heterocycles. The zero-order valence-electron chi connectivity index (χ0n) is 7.96. The topological polar surface area (TPSA) is 28.7 Å². The zero-order chi connectivity index (χ0) is 9.19. The molecule has 0 aromatic carbocycles. The Balaban J connectivity index is 2.44. The Labute approximate surface area is 74.0 Å². The van der Waals surface area contributed by atoms with Crippen LogP contribution < -0.4 is 0 Å². The molecule has 1 heterocycles. The van der Waals surface area contributed by atoms with Crippen LogP contribution in [0.3, 0.4) is 0 Å². The molecule has 3 heteroatoms. The second-order valence-corrected chi connectivity index (χ2v) is 3.75. The van der Waals surface area contributed by atoms with Crippen molar-refractivity contribution in [3.8, 4) is 0 Å². The number of nitrogens with one attached hydrogen (secondary N) is 1. The van der Waals surface area contributed by atoms with Crippen LogP contribution in [0.1, 0.15) is 11.5 Å². The van der Waals surface area contributed by atoms with Crippen molar-refractivity contribution in [2.45, 2.75) is 13.3 Å². The minimum atomic E-state index is 0.498. The molecule has 0 unspecified atom stereocenters. The van der Waals surface area contributed by atoms with Crippen LogP contribution in [0.2, 0.25) is 0 Å². The lowest BCUT2D eigenvalue weighted by atomic mass is 10.3. The zero-order valence-corrected chi connectivity index (χ0v) is 7.96. The van der Waals surface area contributed by atoms with Gasteiger partial charge in [0.05, 0.1) is 20.6 Å². The SMILES string of the molecule is [CH][N+](C)(C)CCc1cnc(C)[nH]1. The minimum Gasteiger partial charge on any atom is -0.346 e. The van der Waals surface area contributed by atoms with E-state index in [1.165, 1.54) is 0 Å². The molecule has 3 nitrogen and oxygen atoms in total. The summed E-state index contributed by atoms with van der Waals surface area (Å²) in [5.74, 6) is 0.965. The first-order valence-corrected chi connectivity index (χ1v) is 4.09. The highest BCUT2D eigenvalue weighted by Gasteiger charge is 2.08. The van der Waals surface area contributed by atoms with Gasteiger partial charge in [0.15, 0.2) is 0 Å². The summed E-state index contributed by atoms with van der Waals surface area (Å²) in [5, 5.41) is 0. The molecular formula is C9H16N3+. The number of rotatable bonds is 3. The quantitative estimate of drug-likeness (QED) is 0.667. The molecular weight excluding hydrogens is 150 g/mol. The molecule has 0 aliphatic rings. The number of aromatic nitrogens is 2. The summed E-state index contributed by atoms with van der Waals surface area (Å²) >= 11 is 0. The largest absolute Gasteiger partial charge is 0.346 e. The van der Waals surface area contributed by atoms with E-state index >= 15 is 0 Å². The van der Waals surface area contributed by atoms with Gasteiger partial charge in [-0.1, -0.05) is 0 Å². The Bertz CT molecular complexity index is 245. The van der Waals surface area contributed by atoms with Crippen molar-refractivity contribution < 1.29 is 4.48 Å². The molecule has 66 valence electrons. The fraction of sp³-hybridized carbons (Fsp3) is 0.556. The van der Waals surface area contributed by atoms with Gasteiger partial charge < -0.3 is 9.47 Å². The highest BCUT2D eigenvalue weighted by Crippen LogP contribution is 2.01. The Kier molecular flexibility index (Phi) is 2.52. The van der Waals surface area contributed by atoms with Crippen LogP contribution in [0.15, 0.2) is 6.20 Å². The van der Waals surface area contributed by atoms with Crippen molar-refractivity contribution in [2.75, 3.05) is 20.6 Å². The summed E-state index contributed by atoms with van der Waals surface area (Å²) < 4.78 is 0.498. The normalized spacial score (nSPS) is 12.0. The van der Waals surface area contributed by atoms with E-state index in [0.29, 0.717) is 4.48 Å². The van der Waals surface area contributed by atoms with Crippen molar-refractivity contribution >= 4 is 0 Å². The Hall–Kier alpha value is -0.830. The molecule has 0 amide bonds. The standard InChI is InChI=1S/C9H16N3/c1-8-10-7-9(11-8)5-6-12(2,3)4/h2,7H,5-6H2,1,3-4H3,(H,10,11)/q+1. The molecule has 1 N–H and O–H groups in total. The third-order valence-corrected chi connectivity index (χ3v) is 1.71. The molecule has 0 fully saturated rings. The Morgan fingerprint density at radius 3 is 2.67 bits per heavy atom. The maximum atomic E-state index is 5.79. The van der Waals surface area contributed by atoms with Gasteiger partial charge in [0.25, 0.3) is 0 Å². The number of H-pyrrole nitrogens is 1. The summed E-state index contributed by atoms with van der Waals surface area (Å²) in [6.45, 7) is 2.87. The minimum absolute atomic E-state index is 0.498. The number of imidazole rings is 1. The van der Waals surface area contributed by atoms with Crippen LogP contribution in [0.5, 0.6) is 0 Å². The van der Waals surface area contributed by atoms with Gasteiger partial charge in [-0.3, -0.25) is 0 Å². The van der Waals surface area contributed by atoms with Gasteiger partial charge in [-0.05, 0) is 6.92 Å². The highest BCUT2D eigenvalue weighted by molar-refractivity contribution is 4.99. The van der Waals surface area contributed by atoms with Crippen molar-refractivity contribution in [3.05, 3.63) is 24.8 Å². The molecule has 0 saturated carbocycles. The maximum Gasteiger partial charge on any atom is 0.206 e. The van der Waals surface area contributed by atoms with Crippen LogP contribution >= 0.6 is 0 Å². The number of hydrogen-bond acceptors (Lipinski definition) is 1. The lowest BCUT2D eigenvalue weighted by Crippen LogP contribution is -2.33. The lowest BCUT2D eigenvalue weighted by molar-refractivity contribution is -0.845. The number of quaternary nitrogens is 1. The average Bonchev–Trinajstić information content (AvgIpc) is 2.30. The summed E-state index contributed by atoms with van der Waals surface area (Å²) in [4.78, 5) is 7.29. The summed E-state index contributed by atoms with van der Waals surface area (Å²) in [6.07, 6.45) is 2.81. The summed E-state index contributed by atoms with van der Waals surface area (Å²) in [6, 6.07) is 0. The van der Waals surface area contributed by atoms with Gasteiger partial charge in [0, 0.05) is 18.3 Å². The third-order valence-electron chi connectivity index (χ3n) is 1.71. The second-order valence-electron chi connectivity index (χ2n) is 3.75. The number of aromatic amines is 1. The molecule has 0 saturated heterocycles. The van der Waals surface area contributed by atoms with Crippen molar-refractivity contribution in [1.82, 2.24) is 9.97 Å². The van der Waals surface area contributed by atoms with Crippen molar-refractivity contribution in [1.29, 1.82) is 0 Å². The van der Waals surface area contributed by atoms with E-state index in [4.69, 9.17) is 7.05 Å². The van der Waals surface area contributed by atoms with Gasteiger partial charge in [0.1, 0.15) is 5.82 Å². The first-order chi connectivity index (χ1) is 5.47. The van der Waals surface area contributed by atoms with E-state index in [9.17, 15) is 0 Å². The average molecular weight is 166 g/mol. The van der Waals surface area contributed by atoms with Gasteiger partial charge in [-0.2, -0.15) is 0 Å². The van der Waals surface area contributed by atoms with E-state index in [1.54, 1.807) is 0 Å². The molecule has 1 rings (SSSR count). The van der Waals surface area contributed by atoms with Crippen LogP contribution in [0, 0.1) is 14.0 Å². The van der Waals surface area contributed by atoms with E-state index in [-0.39, 0.29) is 0 Å². The molecule has 1 aromatic rings. The Morgan fingerprint density at radius 2 is 2.25 bits per heavy atom. The van der Waals surface area contributed by atoms with Crippen molar-refractivity contribution in [3.63, 3.8) is 0 Å². The molecule has 0 bridgehead atoms. The molecule has 0 spiro atoms. The summed E-state index contributed by atoms with van der Waals surface area (Å²) in [7, 11) is 9.74. The number of likely N-dealkylation sites (N-methyl/N-ethyl adjacent to an activating group) is 1. The third kappa shape index (κ3) is 3.05. The number of hydrogen-bond donors (Lipinski definition) is 1. The van der Waals surface area contributed by atoms with Gasteiger partial charge >= 0.3 is 0 Å². The monoisotopic (exact) mass is 166 g/mol. The summed E-state index contributed by atoms with van der Waals surface area (Å²) in [5.41, 5.74) is 1.16. The predicted octanol–water partition coefficient (Wildman–Crippen LogP) is 1.01. The molecule has 12 heavy (non-hydrogen) atoms. The molecule has 0 aliphatic heterocycles. The molecule has 2 radical (unpaired) electrons. The van der Waals surface area contributed by atoms with E-state index in [0.717, 1.165) is 24.5 Å².